The van der Waals surface area contributed by atoms with Gasteiger partial charge in [-0.1, -0.05) is 24.3 Å². The molecule has 158 valence electrons. The number of thioether (sulfide) groups is 1. The Bertz CT molecular complexity index is 931. The van der Waals surface area contributed by atoms with Crippen LogP contribution in [0, 0.1) is 10.1 Å². The minimum Gasteiger partial charge on any atom is -0.455 e. The van der Waals surface area contributed by atoms with Crippen LogP contribution in [0.3, 0.4) is 0 Å². The molecule has 3 rings (SSSR count). The maximum Gasteiger partial charge on any atom is 0.319 e. The van der Waals surface area contributed by atoms with E-state index in [-0.39, 0.29) is 24.2 Å². The first-order valence-corrected chi connectivity index (χ1v) is 10.7. The average Bonchev–Trinajstić information content (AvgIpc) is 2.76. The fourth-order valence-corrected chi connectivity index (χ4v) is 4.42. The molecule has 0 saturated carbocycles. The number of carbonyl (C=O) groups is 2. The molecule has 0 bridgehead atoms. The topological polar surface area (TPSA) is 89.7 Å². The predicted octanol–water partition coefficient (Wildman–Crippen LogP) is 4.15. The summed E-state index contributed by atoms with van der Waals surface area (Å²) in [5.41, 5.74) is 2.42. The lowest BCUT2D eigenvalue weighted by Crippen LogP contribution is -2.36. The van der Waals surface area contributed by atoms with Gasteiger partial charge in [0.15, 0.2) is 6.61 Å². The van der Waals surface area contributed by atoms with Crippen molar-refractivity contribution < 1.29 is 19.2 Å². The van der Waals surface area contributed by atoms with Crippen LogP contribution in [-0.4, -0.2) is 40.6 Å². The highest BCUT2D eigenvalue weighted by Crippen LogP contribution is 2.33. The number of benzene rings is 2. The van der Waals surface area contributed by atoms with Crippen molar-refractivity contribution in [3.8, 4) is 0 Å². The van der Waals surface area contributed by atoms with E-state index < -0.39 is 16.1 Å². The van der Waals surface area contributed by atoms with Gasteiger partial charge in [0.2, 0.25) is 0 Å². The van der Waals surface area contributed by atoms with E-state index in [0.29, 0.717) is 4.90 Å². The number of nitro groups is 1. The number of non-ortho nitro benzene ring substituents is 1. The van der Waals surface area contributed by atoms with Gasteiger partial charge in [0, 0.05) is 24.1 Å². The highest BCUT2D eigenvalue weighted by molar-refractivity contribution is 8.00. The summed E-state index contributed by atoms with van der Waals surface area (Å²) in [5, 5.41) is 10.2. The number of hydrogen-bond donors (Lipinski definition) is 0. The van der Waals surface area contributed by atoms with Crippen LogP contribution >= 0.6 is 11.8 Å². The molecule has 2 aromatic rings. The molecule has 0 spiro atoms. The van der Waals surface area contributed by atoms with Crippen LogP contribution in [0.2, 0.25) is 0 Å². The normalized spacial score (nSPS) is 16.3. The molecular formula is C22H24N2O5S. The quantitative estimate of drug-likeness (QED) is 0.285. The van der Waals surface area contributed by atoms with E-state index in [1.165, 1.54) is 29.5 Å². The molecule has 1 aliphatic rings. The first-order valence-electron chi connectivity index (χ1n) is 9.78. The van der Waals surface area contributed by atoms with Gasteiger partial charge >= 0.3 is 5.97 Å². The predicted molar refractivity (Wildman–Crippen MR) is 114 cm³/mol. The number of hydrogen-bond acceptors (Lipinski definition) is 6. The van der Waals surface area contributed by atoms with Gasteiger partial charge in [-0.3, -0.25) is 19.7 Å². The van der Waals surface area contributed by atoms with Gasteiger partial charge in [-0.15, -0.1) is 11.8 Å². The fourth-order valence-electron chi connectivity index (χ4n) is 3.56. The zero-order valence-corrected chi connectivity index (χ0v) is 17.8. The van der Waals surface area contributed by atoms with Crippen molar-refractivity contribution in [2.24, 2.45) is 0 Å². The van der Waals surface area contributed by atoms with E-state index in [9.17, 15) is 19.7 Å². The van der Waals surface area contributed by atoms with Gasteiger partial charge in [-0.25, -0.2) is 0 Å². The van der Waals surface area contributed by atoms with Crippen molar-refractivity contribution in [1.29, 1.82) is 0 Å². The maximum atomic E-state index is 12.6. The van der Waals surface area contributed by atoms with Crippen molar-refractivity contribution in [1.82, 2.24) is 4.90 Å². The van der Waals surface area contributed by atoms with Gasteiger partial charge in [-0.2, -0.15) is 0 Å². The Morgan fingerprint density at radius 1 is 1.23 bits per heavy atom. The minimum absolute atomic E-state index is 0.00643. The molecule has 0 fully saturated rings. The summed E-state index contributed by atoms with van der Waals surface area (Å²) in [6, 6.07) is 14.1. The molecule has 30 heavy (non-hydrogen) atoms. The van der Waals surface area contributed by atoms with Crippen molar-refractivity contribution >= 4 is 29.3 Å². The summed E-state index contributed by atoms with van der Waals surface area (Å²) in [7, 11) is 1.75. The van der Waals surface area contributed by atoms with Gasteiger partial charge in [0.1, 0.15) is 5.25 Å². The van der Waals surface area contributed by atoms with Gasteiger partial charge < -0.3 is 9.64 Å². The second-order valence-electron chi connectivity index (χ2n) is 7.23. The van der Waals surface area contributed by atoms with Crippen LogP contribution in [0.25, 0.3) is 0 Å². The van der Waals surface area contributed by atoms with Crippen molar-refractivity contribution in [2.45, 2.75) is 42.4 Å². The number of fused-ring (bicyclic) bond motifs is 1. The molecule has 1 amide bonds. The molecule has 0 heterocycles. The number of likely N-dealkylation sites (N-methyl/N-ethyl adjacent to an activating group) is 1. The van der Waals surface area contributed by atoms with E-state index >= 15 is 0 Å². The lowest BCUT2D eigenvalue weighted by Gasteiger charge is -2.33. The Hall–Kier alpha value is -2.87. The number of carbonyl (C=O) groups excluding carboxylic acids is 2. The smallest absolute Gasteiger partial charge is 0.319 e. The third kappa shape index (κ3) is 5.18. The van der Waals surface area contributed by atoms with E-state index in [0.717, 1.165) is 24.8 Å². The molecule has 1 aliphatic carbocycles. The van der Waals surface area contributed by atoms with E-state index in [1.54, 1.807) is 31.0 Å². The van der Waals surface area contributed by atoms with Gasteiger partial charge in [0.25, 0.3) is 11.6 Å². The monoisotopic (exact) mass is 428 g/mol. The van der Waals surface area contributed by atoms with Crippen LogP contribution in [0.5, 0.6) is 0 Å². The number of nitro benzene ring substituents is 1. The molecule has 0 aliphatic heterocycles. The lowest BCUT2D eigenvalue weighted by atomic mass is 9.87. The zero-order chi connectivity index (χ0) is 21.7. The Labute approximate surface area is 179 Å². The second kappa shape index (κ2) is 9.75. The van der Waals surface area contributed by atoms with Gasteiger partial charge in [-0.05, 0) is 49.4 Å². The number of aryl methyl sites for hydroxylation is 1. The van der Waals surface area contributed by atoms with Crippen LogP contribution in [-0.2, 0) is 20.7 Å². The largest absolute Gasteiger partial charge is 0.455 e. The Balaban J connectivity index is 1.52. The molecule has 2 unspecified atom stereocenters. The third-order valence-corrected chi connectivity index (χ3v) is 6.32. The van der Waals surface area contributed by atoms with Gasteiger partial charge in [0.05, 0.1) is 11.0 Å². The number of ether oxygens (including phenoxy) is 1. The number of esters is 1. The highest BCUT2D eigenvalue weighted by atomic mass is 32.2. The Morgan fingerprint density at radius 3 is 2.63 bits per heavy atom. The first-order chi connectivity index (χ1) is 14.4. The van der Waals surface area contributed by atoms with E-state index in [1.807, 2.05) is 12.1 Å². The zero-order valence-electron chi connectivity index (χ0n) is 16.9. The number of nitrogens with zero attached hydrogens (tertiary/aromatic N) is 2. The molecule has 0 radical (unpaired) electrons. The van der Waals surface area contributed by atoms with Crippen LogP contribution in [0.15, 0.2) is 53.4 Å². The molecule has 7 nitrogen and oxygen atoms in total. The summed E-state index contributed by atoms with van der Waals surface area (Å²) in [4.78, 5) is 37.5. The van der Waals surface area contributed by atoms with Crippen molar-refractivity contribution in [2.75, 3.05) is 13.7 Å². The first kappa shape index (κ1) is 21.8. The summed E-state index contributed by atoms with van der Waals surface area (Å²) in [6.07, 6.45) is 2.92. The van der Waals surface area contributed by atoms with Crippen LogP contribution in [0.1, 0.15) is 36.9 Å². The SMILES string of the molecule is CC(Sc1ccc([N+](=O)[O-])cc1)C(=O)OCC(=O)N(C)C1CCCc2ccccc21. The molecular weight excluding hydrogens is 404 g/mol. The summed E-state index contributed by atoms with van der Waals surface area (Å²) in [5.74, 6) is -0.735. The summed E-state index contributed by atoms with van der Waals surface area (Å²) in [6.45, 7) is 1.37. The van der Waals surface area contributed by atoms with Crippen LogP contribution < -0.4 is 0 Å². The average molecular weight is 429 g/mol. The molecule has 2 atom stereocenters. The van der Waals surface area contributed by atoms with E-state index in [4.69, 9.17) is 4.74 Å². The highest BCUT2D eigenvalue weighted by Gasteiger charge is 2.27. The standard InChI is InChI=1S/C22H24N2O5S/c1-15(30-18-12-10-17(11-13-18)24(27)28)22(26)29-14-21(25)23(2)20-9-5-7-16-6-3-4-8-19(16)20/h3-4,6,8,10-13,15,20H,5,7,9,14H2,1-2H3. The van der Waals surface area contributed by atoms with Crippen molar-refractivity contribution in [3.05, 3.63) is 69.8 Å². The maximum absolute atomic E-state index is 12.6. The lowest BCUT2D eigenvalue weighted by molar-refractivity contribution is -0.384. The minimum atomic E-state index is -0.542. The molecule has 8 heteroatoms. The third-order valence-electron chi connectivity index (χ3n) is 5.23. The summed E-state index contributed by atoms with van der Waals surface area (Å²) < 4.78 is 5.24. The van der Waals surface area contributed by atoms with E-state index in [2.05, 4.69) is 12.1 Å². The molecule has 2 aromatic carbocycles. The fraction of sp³-hybridized carbons (Fsp3) is 0.364. The van der Waals surface area contributed by atoms with Crippen LogP contribution in [0.4, 0.5) is 5.69 Å². The summed E-state index contributed by atoms with van der Waals surface area (Å²) >= 11 is 1.23. The second-order valence-corrected chi connectivity index (χ2v) is 8.64. The molecule has 0 N–H and O–H groups in total. The molecule has 0 aromatic heterocycles. The van der Waals surface area contributed by atoms with Crippen molar-refractivity contribution in [3.63, 3.8) is 0 Å². The number of rotatable bonds is 7. The Kier molecular flexibility index (Phi) is 7.10. The molecule has 0 saturated heterocycles. The Morgan fingerprint density at radius 2 is 1.93 bits per heavy atom. The number of amides is 1.